The monoisotopic (exact) mass is 318 g/mol. The smallest absolute Gasteiger partial charge is 0.345 e. The van der Waals surface area contributed by atoms with E-state index in [1.165, 1.54) is 12.1 Å². The van der Waals surface area contributed by atoms with Crippen molar-refractivity contribution in [3.8, 4) is 5.75 Å². The molecule has 0 radical (unpaired) electrons. The first-order valence-corrected chi connectivity index (χ1v) is 7.23. The van der Waals surface area contributed by atoms with Crippen molar-refractivity contribution in [1.82, 2.24) is 0 Å². The van der Waals surface area contributed by atoms with Crippen LogP contribution in [0.25, 0.3) is 0 Å². The van der Waals surface area contributed by atoms with Crippen LogP contribution in [-0.2, 0) is 4.74 Å². The van der Waals surface area contributed by atoms with Gasteiger partial charge >= 0.3 is 11.9 Å². The molecule has 0 aliphatic rings. The molecular formula is C17H15ClO4. The topological polar surface area (TPSA) is 52.6 Å². The molecule has 0 saturated heterocycles. The molecule has 2 aromatic rings. The van der Waals surface area contributed by atoms with E-state index in [-0.39, 0.29) is 5.56 Å². The number of hydrogen-bond donors (Lipinski definition) is 0. The Kier molecular flexibility index (Phi) is 5.55. The Morgan fingerprint density at radius 1 is 1.00 bits per heavy atom. The Morgan fingerprint density at radius 2 is 1.68 bits per heavy atom. The van der Waals surface area contributed by atoms with Crippen molar-refractivity contribution < 1.29 is 19.1 Å². The highest BCUT2D eigenvalue weighted by Gasteiger charge is 2.13. The number of carbonyl (C=O) groups is 2. The van der Waals surface area contributed by atoms with E-state index >= 15 is 0 Å². The summed E-state index contributed by atoms with van der Waals surface area (Å²) in [6.45, 7) is 2.30. The molecule has 5 heteroatoms. The lowest BCUT2D eigenvalue weighted by Crippen LogP contribution is -2.09. The molecule has 0 amide bonds. The molecule has 0 bridgehead atoms. The lowest BCUT2D eigenvalue weighted by atomic mass is 10.2. The van der Waals surface area contributed by atoms with Crippen LogP contribution in [0.3, 0.4) is 0 Å². The van der Waals surface area contributed by atoms with E-state index in [4.69, 9.17) is 21.1 Å². The van der Waals surface area contributed by atoms with Crippen LogP contribution < -0.4 is 4.74 Å². The summed E-state index contributed by atoms with van der Waals surface area (Å²) in [5.41, 5.74) is 0.696. The van der Waals surface area contributed by atoms with Crippen LogP contribution in [0.15, 0.2) is 48.5 Å². The van der Waals surface area contributed by atoms with Crippen LogP contribution in [0, 0.1) is 0 Å². The fourth-order valence-corrected chi connectivity index (χ4v) is 1.94. The van der Waals surface area contributed by atoms with Crippen molar-refractivity contribution >= 4 is 23.5 Å². The second-order valence-corrected chi connectivity index (χ2v) is 4.94. The Labute approximate surface area is 133 Å². The molecule has 0 unspecified atom stereocenters. The number of halogens is 1. The van der Waals surface area contributed by atoms with E-state index in [9.17, 15) is 9.59 Å². The number of ether oxygens (including phenoxy) is 2. The van der Waals surface area contributed by atoms with Crippen LogP contribution in [0.1, 0.15) is 34.1 Å². The van der Waals surface area contributed by atoms with Gasteiger partial charge in [-0.3, -0.25) is 0 Å². The van der Waals surface area contributed by atoms with E-state index in [1.807, 2.05) is 6.92 Å². The Balaban J connectivity index is 2.04. The summed E-state index contributed by atoms with van der Waals surface area (Å²) in [5, 5.41) is 0.326. The van der Waals surface area contributed by atoms with Crippen LogP contribution in [-0.4, -0.2) is 18.5 Å². The molecule has 2 aromatic carbocycles. The van der Waals surface area contributed by atoms with Crippen LogP contribution in [0.4, 0.5) is 0 Å². The summed E-state index contributed by atoms with van der Waals surface area (Å²) in [7, 11) is 0. The quantitative estimate of drug-likeness (QED) is 0.614. The Hall–Kier alpha value is -2.33. The fourth-order valence-electron chi connectivity index (χ4n) is 1.73. The van der Waals surface area contributed by atoms with Gasteiger partial charge in [0.25, 0.3) is 0 Å². The van der Waals surface area contributed by atoms with Gasteiger partial charge in [-0.1, -0.05) is 30.7 Å². The van der Waals surface area contributed by atoms with Crippen molar-refractivity contribution in [2.45, 2.75) is 13.3 Å². The summed E-state index contributed by atoms with van der Waals surface area (Å²) in [6.07, 6.45) is 0.763. The molecule has 4 nitrogen and oxygen atoms in total. The van der Waals surface area contributed by atoms with Gasteiger partial charge in [0.15, 0.2) is 0 Å². The number of benzene rings is 2. The van der Waals surface area contributed by atoms with E-state index in [2.05, 4.69) is 0 Å². The maximum absolute atomic E-state index is 12.0. The largest absolute Gasteiger partial charge is 0.462 e. The van der Waals surface area contributed by atoms with Gasteiger partial charge in [-0.15, -0.1) is 0 Å². The molecule has 0 N–H and O–H groups in total. The number of esters is 2. The average Bonchev–Trinajstić information content (AvgIpc) is 2.53. The molecule has 0 aromatic heterocycles. The first-order valence-electron chi connectivity index (χ1n) is 6.85. The molecule has 0 fully saturated rings. The minimum absolute atomic E-state index is 0.288. The summed E-state index contributed by atoms with van der Waals surface area (Å²) in [5.74, 6) is -0.616. The van der Waals surface area contributed by atoms with E-state index in [1.54, 1.807) is 36.4 Å². The van der Waals surface area contributed by atoms with Gasteiger partial charge in [-0.05, 0) is 42.8 Å². The third kappa shape index (κ3) is 4.09. The highest BCUT2D eigenvalue weighted by Crippen LogP contribution is 2.19. The lowest BCUT2D eigenvalue weighted by Gasteiger charge is -2.07. The zero-order chi connectivity index (χ0) is 15.9. The predicted molar refractivity (Wildman–Crippen MR) is 83.4 cm³/mol. The fraction of sp³-hybridized carbons (Fsp3) is 0.176. The zero-order valence-corrected chi connectivity index (χ0v) is 12.8. The van der Waals surface area contributed by atoms with Crippen molar-refractivity contribution in [2.75, 3.05) is 6.61 Å². The van der Waals surface area contributed by atoms with Crippen LogP contribution in [0.5, 0.6) is 5.75 Å². The molecule has 114 valence electrons. The van der Waals surface area contributed by atoms with Gasteiger partial charge in [0.2, 0.25) is 0 Å². The third-order valence-corrected chi connectivity index (χ3v) is 3.16. The minimum atomic E-state index is -0.549. The second-order valence-electron chi connectivity index (χ2n) is 4.53. The molecule has 2 rings (SSSR count). The highest BCUT2D eigenvalue weighted by atomic mass is 35.5. The van der Waals surface area contributed by atoms with Crippen molar-refractivity contribution in [1.29, 1.82) is 0 Å². The number of carbonyl (C=O) groups excluding carboxylic acids is 2. The molecule has 22 heavy (non-hydrogen) atoms. The van der Waals surface area contributed by atoms with E-state index in [0.29, 0.717) is 22.9 Å². The molecule has 0 heterocycles. The van der Waals surface area contributed by atoms with E-state index in [0.717, 1.165) is 6.42 Å². The van der Waals surface area contributed by atoms with Gasteiger partial charge in [-0.2, -0.15) is 0 Å². The normalized spacial score (nSPS) is 10.1. The molecular weight excluding hydrogens is 304 g/mol. The van der Waals surface area contributed by atoms with Gasteiger partial charge in [0.05, 0.1) is 22.8 Å². The molecule has 0 aliphatic carbocycles. The number of rotatable bonds is 5. The summed E-state index contributed by atoms with van der Waals surface area (Å²) < 4.78 is 10.2. The highest BCUT2D eigenvalue weighted by molar-refractivity contribution is 6.33. The summed E-state index contributed by atoms with van der Waals surface area (Å²) in [6, 6.07) is 12.8. The minimum Gasteiger partial charge on any atom is -0.462 e. The predicted octanol–water partition coefficient (Wildman–Crippen LogP) is 4.13. The van der Waals surface area contributed by atoms with Crippen LogP contribution >= 0.6 is 11.6 Å². The standard InChI is InChI=1S/C17H15ClO4/c1-2-11-21-16(19)12-7-9-13(10-8-12)22-17(20)14-5-3-4-6-15(14)18/h3-10H,2,11H2,1H3. The summed E-state index contributed by atoms with van der Waals surface area (Å²) in [4.78, 5) is 23.7. The maximum Gasteiger partial charge on any atom is 0.345 e. The summed E-state index contributed by atoms with van der Waals surface area (Å²) >= 11 is 5.94. The van der Waals surface area contributed by atoms with Gasteiger partial charge in [0.1, 0.15) is 5.75 Å². The number of hydrogen-bond acceptors (Lipinski definition) is 4. The molecule has 0 saturated carbocycles. The Bertz CT molecular complexity index is 665. The van der Waals surface area contributed by atoms with Crippen molar-refractivity contribution in [2.24, 2.45) is 0 Å². The molecule has 0 aliphatic heterocycles. The average molecular weight is 319 g/mol. The van der Waals surface area contributed by atoms with Crippen LogP contribution in [0.2, 0.25) is 5.02 Å². The zero-order valence-electron chi connectivity index (χ0n) is 12.0. The molecule has 0 atom stereocenters. The van der Waals surface area contributed by atoms with Crippen molar-refractivity contribution in [3.05, 3.63) is 64.7 Å². The third-order valence-electron chi connectivity index (χ3n) is 2.83. The van der Waals surface area contributed by atoms with E-state index < -0.39 is 11.9 Å². The first kappa shape index (κ1) is 16.0. The second kappa shape index (κ2) is 7.61. The van der Waals surface area contributed by atoms with Gasteiger partial charge in [-0.25, -0.2) is 9.59 Å². The molecule has 0 spiro atoms. The SMILES string of the molecule is CCCOC(=O)c1ccc(OC(=O)c2ccccc2Cl)cc1. The maximum atomic E-state index is 12.0. The van der Waals surface area contributed by atoms with Gasteiger partial charge < -0.3 is 9.47 Å². The van der Waals surface area contributed by atoms with Gasteiger partial charge in [0, 0.05) is 0 Å². The lowest BCUT2D eigenvalue weighted by molar-refractivity contribution is 0.0505. The Morgan fingerprint density at radius 3 is 2.32 bits per heavy atom. The van der Waals surface area contributed by atoms with Crippen molar-refractivity contribution in [3.63, 3.8) is 0 Å². The first-order chi connectivity index (χ1) is 10.6.